The third kappa shape index (κ3) is 3.08. The van der Waals surface area contributed by atoms with Crippen LogP contribution < -0.4 is 5.32 Å². The van der Waals surface area contributed by atoms with E-state index in [-0.39, 0.29) is 5.54 Å². The standard InChI is InChI=1S/C10H16IN3/c1-4-10(3,5-2)14-9-12-6-8(11)7-13-9/h6-7H,4-5H2,1-3H3,(H,12,13,14). The summed E-state index contributed by atoms with van der Waals surface area (Å²) in [5.41, 5.74) is 0.104. The maximum Gasteiger partial charge on any atom is 0.223 e. The van der Waals surface area contributed by atoms with Crippen molar-refractivity contribution in [2.75, 3.05) is 5.32 Å². The summed E-state index contributed by atoms with van der Waals surface area (Å²) in [6.07, 6.45) is 5.78. The summed E-state index contributed by atoms with van der Waals surface area (Å²) in [5, 5.41) is 3.36. The Hall–Kier alpha value is -0.390. The average molecular weight is 305 g/mol. The summed E-state index contributed by atoms with van der Waals surface area (Å²) in [6, 6.07) is 0. The van der Waals surface area contributed by atoms with Crippen LogP contribution in [0.3, 0.4) is 0 Å². The molecule has 0 aliphatic heterocycles. The van der Waals surface area contributed by atoms with Crippen LogP contribution in [0.4, 0.5) is 5.95 Å². The third-order valence-electron chi connectivity index (χ3n) is 2.59. The van der Waals surface area contributed by atoms with Crippen LogP contribution in [-0.2, 0) is 0 Å². The zero-order valence-corrected chi connectivity index (χ0v) is 11.0. The predicted molar refractivity (Wildman–Crippen MR) is 67.4 cm³/mol. The van der Waals surface area contributed by atoms with Crippen LogP contribution in [0.15, 0.2) is 12.4 Å². The topological polar surface area (TPSA) is 37.8 Å². The molecule has 14 heavy (non-hydrogen) atoms. The first-order chi connectivity index (χ1) is 6.59. The van der Waals surface area contributed by atoms with Gasteiger partial charge in [0, 0.05) is 21.5 Å². The molecule has 0 atom stereocenters. The second-order valence-electron chi connectivity index (χ2n) is 3.62. The molecule has 0 saturated carbocycles. The molecule has 0 unspecified atom stereocenters. The van der Waals surface area contributed by atoms with Crippen LogP contribution in [0.25, 0.3) is 0 Å². The highest BCUT2D eigenvalue weighted by Crippen LogP contribution is 2.18. The van der Waals surface area contributed by atoms with E-state index >= 15 is 0 Å². The molecular formula is C10H16IN3. The fourth-order valence-corrected chi connectivity index (χ4v) is 1.35. The van der Waals surface area contributed by atoms with E-state index < -0.39 is 0 Å². The summed E-state index contributed by atoms with van der Waals surface area (Å²) in [4.78, 5) is 8.46. The van der Waals surface area contributed by atoms with Crippen LogP contribution >= 0.6 is 22.6 Å². The van der Waals surface area contributed by atoms with Gasteiger partial charge in [0.2, 0.25) is 5.95 Å². The Morgan fingerprint density at radius 3 is 2.21 bits per heavy atom. The number of rotatable bonds is 4. The molecule has 1 rings (SSSR count). The normalized spacial score (nSPS) is 11.4. The summed E-state index contributed by atoms with van der Waals surface area (Å²) in [5.74, 6) is 0.719. The molecule has 4 heteroatoms. The zero-order valence-electron chi connectivity index (χ0n) is 8.84. The molecule has 0 bridgehead atoms. The summed E-state index contributed by atoms with van der Waals surface area (Å²) in [7, 11) is 0. The van der Waals surface area contributed by atoms with Crippen LogP contribution in [0.2, 0.25) is 0 Å². The number of nitrogens with one attached hydrogen (secondary N) is 1. The van der Waals surface area contributed by atoms with Gasteiger partial charge in [-0.1, -0.05) is 13.8 Å². The van der Waals surface area contributed by atoms with E-state index in [9.17, 15) is 0 Å². The lowest BCUT2D eigenvalue weighted by molar-refractivity contribution is 0.474. The summed E-state index contributed by atoms with van der Waals surface area (Å²) < 4.78 is 1.06. The van der Waals surface area contributed by atoms with Crippen molar-refractivity contribution in [3.8, 4) is 0 Å². The molecule has 3 nitrogen and oxygen atoms in total. The molecular weight excluding hydrogens is 289 g/mol. The zero-order chi connectivity index (χ0) is 10.6. The van der Waals surface area contributed by atoms with E-state index in [0.29, 0.717) is 0 Å². The number of halogens is 1. The first-order valence-corrected chi connectivity index (χ1v) is 5.93. The predicted octanol–water partition coefficient (Wildman–Crippen LogP) is 3.07. The highest BCUT2D eigenvalue weighted by Gasteiger charge is 2.19. The van der Waals surface area contributed by atoms with Crippen molar-refractivity contribution in [1.29, 1.82) is 0 Å². The maximum atomic E-state index is 4.23. The molecule has 1 N–H and O–H groups in total. The van der Waals surface area contributed by atoms with Gasteiger partial charge in [0.1, 0.15) is 0 Å². The quantitative estimate of drug-likeness (QED) is 0.869. The largest absolute Gasteiger partial charge is 0.349 e. The second kappa shape index (κ2) is 4.91. The van der Waals surface area contributed by atoms with Crippen LogP contribution in [0, 0.1) is 3.57 Å². The van der Waals surface area contributed by atoms with Gasteiger partial charge in [-0.25, -0.2) is 9.97 Å². The molecule has 0 radical (unpaired) electrons. The number of aromatic nitrogens is 2. The molecule has 1 aromatic heterocycles. The van der Waals surface area contributed by atoms with Gasteiger partial charge in [0.15, 0.2) is 0 Å². The van der Waals surface area contributed by atoms with Gasteiger partial charge in [-0.15, -0.1) is 0 Å². The first-order valence-electron chi connectivity index (χ1n) is 4.85. The Kier molecular flexibility index (Phi) is 4.10. The van der Waals surface area contributed by atoms with Crippen molar-refractivity contribution in [3.05, 3.63) is 16.0 Å². The molecule has 78 valence electrons. The van der Waals surface area contributed by atoms with Crippen molar-refractivity contribution >= 4 is 28.5 Å². The lowest BCUT2D eigenvalue weighted by Gasteiger charge is -2.27. The second-order valence-corrected chi connectivity index (χ2v) is 4.86. The van der Waals surface area contributed by atoms with Crippen molar-refractivity contribution < 1.29 is 0 Å². The molecule has 0 aliphatic carbocycles. The highest BCUT2D eigenvalue weighted by molar-refractivity contribution is 14.1. The Morgan fingerprint density at radius 2 is 1.79 bits per heavy atom. The minimum atomic E-state index is 0.104. The van der Waals surface area contributed by atoms with Crippen molar-refractivity contribution in [3.63, 3.8) is 0 Å². The number of hydrogen-bond donors (Lipinski definition) is 1. The van der Waals surface area contributed by atoms with E-state index in [1.54, 1.807) is 0 Å². The van der Waals surface area contributed by atoms with E-state index in [0.717, 1.165) is 22.4 Å². The van der Waals surface area contributed by atoms with Crippen LogP contribution in [-0.4, -0.2) is 15.5 Å². The first kappa shape index (κ1) is 11.7. The molecule has 1 aromatic rings. The maximum absolute atomic E-state index is 4.23. The van der Waals surface area contributed by atoms with Crippen molar-refractivity contribution in [2.24, 2.45) is 0 Å². The number of hydrogen-bond acceptors (Lipinski definition) is 3. The Bertz CT molecular complexity index is 280. The minimum Gasteiger partial charge on any atom is -0.349 e. The summed E-state index contributed by atoms with van der Waals surface area (Å²) in [6.45, 7) is 6.53. The monoisotopic (exact) mass is 305 g/mol. The van der Waals surface area contributed by atoms with Crippen molar-refractivity contribution in [1.82, 2.24) is 9.97 Å². The van der Waals surface area contributed by atoms with Gasteiger partial charge >= 0.3 is 0 Å². The van der Waals surface area contributed by atoms with Crippen molar-refractivity contribution in [2.45, 2.75) is 39.2 Å². The average Bonchev–Trinajstić information content (AvgIpc) is 2.21. The molecule has 0 saturated heterocycles. The minimum absolute atomic E-state index is 0.104. The van der Waals surface area contributed by atoms with Gasteiger partial charge in [0.05, 0.1) is 0 Å². The lowest BCUT2D eigenvalue weighted by atomic mass is 9.96. The van der Waals surface area contributed by atoms with Gasteiger partial charge in [0.25, 0.3) is 0 Å². The number of anilines is 1. The van der Waals surface area contributed by atoms with Gasteiger partial charge in [-0.2, -0.15) is 0 Å². The lowest BCUT2D eigenvalue weighted by Crippen LogP contribution is -2.33. The van der Waals surface area contributed by atoms with Gasteiger partial charge < -0.3 is 5.32 Å². The van der Waals surface area contributed by atoms with E-state index in [1.807, 2.05) is 12.4 Å². The SMILES string of the molecule is CCC(C)(CC)Nc1ncc(I)cn1. The molecule has 1 heterocycles. The molecule has 0 aromatic carbocycles. The molecule has 0 aliphatic rings. The third-order valence-corrected chi connectivity index (χ3v) is 3.15. The highest BCUT2D eigenvalue weighted by atomic mass is 127. The molecule has 0 spiro atoms. The molecule has 0 fully saturated rings. The van der Waals surface area contributed by atoms with E-state index in [4.69, 9.17) is 0 Å². The summed E-state index contributed by atoms with van der Waals surface area (Å²) >= 11 is 2.20. The fourth-order valence-electron chi connectivity index (χ4n) is 1.07. The van der Waals surface area contributed by atoms with Gasteiger partial charge in [-0.05, 0) is 42.4 Å². The smallest absolute Gasteiger partial charge is 0.223 e. The van der Waals surface area contributed by atoms with Gasteiger partial charge in [-0.3, -0.25) is 0 Å². The van der Waals surface area contributed by atoms with Crippen LogP contribution in [0.5, 0.6) is 0 Å². The van der Waals surface area contributed by atoms with Crippen LogP contribution in [0.1, 0.15) is 33.6 Å². The Morgan fingerprint density at radius 1 is 1.29 bits per heavy atom. The fraction of sp³-hybridized carbons (Fsp3) is 0.600. The number of nitrogens with zero attached hydrogens (tertiary/aromatic N) is 2. The Labute approximate surface area is 98.9 Å². The van der Waals surface area contributed by atoms with E-state index in [1.165, 1.54) is 0 Å². The molecule has 0 amide bonds. The Balaban J connectivity index is 2.72. The van der Waals surface area contributed by atoms with E-state index in [2.05, 4.69) is 58.6 Å².